The van der Waals surface area contributed by atoms with E-state index in [9.17, 15) is 0 Å². The van der Waals surface area contributed by atoms with Crippen molar-refractivity contribution in [2.24, 2.45) is 10.2 Å². The van der Waals surface area contributed by atoms with Crippen molar-refractivity contribution in [3.8, 4) is 126 Å². The SMILES string of the molecule is COc1cc2c(OC)cc1CCCCCc1cc(OC)c(cc1OCCCCOc1ccc(N=Nc3ccc(OCCCCOc4cc5c(OC)cc4CCCCCc4cc(OC)c(cc4OC)Cc4cc(OC)c(cc4OC)Cc4cc(OC)c(cc4OC)Cc4cc(OC)c(cc4OC)C5)cc3)cc1)Cc1cc(OC)c(cc1OC)Cc1cc(OC)c(cc1OC)Cc1cc(OC)c(cc1OC)C2. The van der Waals surface area contributed by atoms with Crippen LogP contribution in [0.5, 0.6) is 126 Å². The minimum Gasteiger partial charge on any atom is -0.496 e. The second-order valence-corrected chi connectivity index (χ2v) is 34.9. The highest BCUT2D eigenvalue weighted by Gasteiger charge is 2.28. The molecule has 0 heterocycles. The van der Waals surface area contributed by atoms with Gasteiger partial charge >= 0.3 is 0 Å². The van der Waals surface area contributed by atoms with Gasteiger partial charge in [0.15, 0.2) is 0 Å². The van der Waals surface area contributed by atoms with Crippen LogP contribution in [-0.2, 0) is 77.0 Å². The van der Waals surface area contributed by atoms with Crippen LogP contribution < -0.4 is 104 Å². The number of azo groups is 1. The van der Waals surface area contributed by atoms with Crippen LogP contribution in [0.3, 0.4) is 0 Å². The van der Waals surface area contributed by atoms with Crippen LogP contribution in [0.15, 0.2) is 180 Å². The summed E-state index contributed by atoms with van der Waals surface area (Å²) in [6.45, 7) is 1.94. The maximum atomic E-state index is 6.81. The fourth-order valence-corrected chi connectivity index (χ4v) is 18.9. The summed E-state index contributed by atoms with van der Waals surface area (Å²) in [5.41, 5.74) is 20.5. The van der Waals surface area contributed by atoms with Crippen molar-refractivity contribution in [1.29, 1.82) is 0 Å². The summed E-state index contributed by atoms with van der Waals surface area (Å²) in [4.78, 5) is 0. The quantitative estimate of drug-likeness (QED) is 0.0270. The number of methoxy groups -OCH3 is 18. The molecule has 0 saturated heterocycles. The zero-order chi connectivity index (χ0) is 98.6. The predicted octanol–water partition coefficient (Wildman–Crippen LogP) is 24.0. The molecule has 0 radical (unpaired) electrons. The average Bonchev–Trinajstić information content (AvgIpc) is 0.857. The van der Waals surface area contributed by atoms with Crippen LogP contribution in [0.1, 0.15) is 175 Å². The van der Waals surface area contributed by atoms with Crippen molar-refractivity contribution < 1.29 is 104 Å². The van der Waals surface area contributed by atoms with E-state index in [4.69, 9.17) is 104 Å². The molecule has 12 aromatic rings. The number of benzene rings is 12. The molecule has 740 valence electrons. The summed E-state index contributed by atoms with van der Waals surface area (Å²) >= 11 is 0. The summed E-state index contributed by atoms with van der Waals surface area (Å²) in [6, 6.07) is 56.8. The van der Waals surface area contributed by atoms with E-state index in [2.05, 4.69) is 70.9 Å². The Kier molecular flexibility index (Phi) is 36.3. The van der Waals surface area contributed by atoms with Crippen molar-refractivity contribution in [2.75, 3.05) is 154 Å². The molecule has 0 amide bonds. The van der Waals surface area contributed by atoms with Gasteiger partial charge in [-0.25, -0.2) is 0 Å². The molecular weight excluding hydrogens is 1770 g/mol. The van der Waals surface area contributed by atoms with Gasteiger partial charge in [0.05, 0.1) is 166 Å². The Labute approximate surface area is 824 Å². The fourth-order valence-electron chi connectivity index (χ4n) is 18.9. The summed E-state index contributed by atoms with van der Waals surface area (Å²) in [7, 11) is 30.6. The summed E-state index contributed by atoms with van der Waals surface area (Å²) in [6.07, 6.45) is 15.6. The maximum absolute atomic E-state index is 6.81. The van der Waals surface area contributed by atoms with Gasteiger partial charge in [-0.2, -0.15) is 10.2 Å². The lowest BCUT2D eigenvalue weighted by atomic mass is 9.94. The first kappa shape index (κ1) is 102. The van der Waals surface area contributed by atoms with Crippen LogP contribution in [0.4, 0.5) is 11.4 Å². The van der Waals surface area contributed by atoms with E-state index >= 15 is 0 Å². The maximum Gasteiger partial charge on any atom is 0.123 e. The highest BCUT2D eigenvalue weighted by atomic mass is 16.5. The van der Waals surface area contributed by atoms with Crippen molar-refractivity contribution in [3.63, 3.8) is 0 Å². The van der Waals surface area contributed by atoms with Crippen LogP contribution in [0.25, 0.3) is 0 Å². The van der Waals surface area contributed by atoms with Gasteiger partial charge in [0.25, 0.3) is 0 Å². The first-order valence-electron chi connectivity index (χ1n) is 47.9. The topological polar surface area (TPSA) is 228 Å². The number of unbranched alkanes of at least 4 members (excludes halogenated alkanes) is 2. The number of fused-ring (bicyclic) bond motifs is 2. The Balaban J connectivity index is 0.598. The van der Waals surface area contributed by atoms with Gasteiger partial charge in [0, 0.05) is 140 Å². The van der Waals surface area contributed by atoms with E-state index in [0.717, 1.165) is 270 Å². The Hall–Kier alpha value is -14.2. The van der Waals surface area contributed by atoms with Crippen LogP contribution in [0.2, 0.25) is 0 Å². The zero-order valence-electron chi connectivity index (χ0n) is 84.4. The van der Waals surface area contributed by atoms with Gasteiger partial charge in [0.1, 0.15) is 126 Å². The summed E-state index contributed by atoms with van der Waals surface area (Å²) in [5.74, 6) is 16.2. The number of rotatable bonds is 34. The molecule has 140 heavy (non-hydrogen) atoms. The van der Waals surface area contributed by atoms with Crippen molar-refractivity contribution >= 4 is 11.4 Å². The van der Waals surface area contributed by atoms with Crippen molar-refractivity contribution in [2.45, 2.75) is 141 Å². The number of aryl methyl sites for hydroxylation is 4. The van der Waals surface area contributed by atoms with Crippen molar-refractivity contribution in [1.82, 2.24) is 0 Å². The number of nitrogens with zero attached hydrogens (tertiary/aromatic N) is 2. The summed E-state index contributed by atoms with van der Waals surface area (Å²) in [5, 5.41) is 9.11. The largest absolute Gasteiger partial charge is 0.496 e. The lowest BCUT2D eigenvalue weighted by Crippen LogP contribution is -2.06. The Morgan fingerprint density at radius 3 is 0.457 bits per heavy atom. The summed E-state index contributed by atoms with van der Waals surface area (Å²) < 4.78 is 137. The normalized spacial score (nSPS) is 12.9. The molecule has 12 aromatic carbocycles. The zero-order valence-corrected chi connectivity index (χ0v) is 84.4. The standard InChI is InChI=1S/C116H134N2O22/c1-119-97-57-77-45-79-59-105(127-9)81(61-103(79)125-7)47-83-63-109(131-13)85(65-107(83)129-11)49-87-67-113(135-17)89(69-111(87)133-15)51-91-71-115(75(55-101(91)123-5)31-23-19-21-29-73(97)53-99(77)121-3)139-43-27-25-41-137-95-37-33-93(34-38-95)117-118-94-35-39-96(40-36-94)138-42-26-28-44-140-116-72-92-52-90-70-112(134-16)88(68-114(90)136-18)50-86-66-108(130-12)84(64-110(86)132-14)48-82-62-104(126-8)80(60-106(82)128-10)46-78-58-98(120-2)74(54-100(78)122-4)30-22-20-24-32-76(116)56-102(92)124-6/h33-40,53-72H,19-32,41-52H2,1-18H3. The molecule has 0 N–H and O–H groups in total. The minimum absolute atomic E-state index is 0.459. The Bertz CT molecular complexity index is 5860. The molecule has 0 saturated carbocycles. The van der Waals surface area contributed by atoms with E-state index in [1.54, 1.807) is 128 Å². The van der Waals surface area contributed by atoms with Gasteiger partial charge in [-0.1, -0.05) is 12.8 Å². The van der Waals surface area contributed by atoms with Crippen LogP contribution in [-0.4, -0.2) is 154 Å². The molecule has 22 aliphatic rings. The molecule has 0 spiro atoms. The smallest absolute Gasteiger partial charge is 0.123 e. The molecule has 24 heteroatoms. The Morgan fingerprint density at radius 1 is 0.157 bits per heavy atom. The van der Waals surface area contributed by atoms with Crippen LogP contribution >= 0.6 is 0 Å². The number of ether oxygens (including phenoxy) is 22. The van der Waals surface area contributed by atoms with E-state index in [-0.39, 0.29) is 0 Å². The molecule has 0 atom stereocenters. The average molecular weight is 1910 g/mol. The molecule has 22 aliphatic carbocycles. The predicted molar refractivity (Wildman–Crippen MR) is 545 cm³/mol. The molecule has 34 rings (SSSR count). The monoisotopic (exact) mass is 1910 g/mol. The van der Waals surface area contributed by atoms with E-state index < -0.39 is 0 Å². The minimum atomic E-state index is 0.459. The molecule has 20 bridgehead atoms. The number of hydrogen-bond donors (Lipinski definition) is 0. The molecule has 0 aliphatic heterocycles. The van der Waals surface area contributed by atoms with Gasteiger partial charge in [-0.05, 0) is 269 Å². The highest BCUT2D eigenvalue weighted by Crippen LogP contribution is 2.47. The third-order valence-electron chi connectivity index (χ3n) is 26.3. The third-order valence-corrected chi connectivity index (χ3v) is 26.3. The van der Waals surface area contributed by atoms with E-state index in [1.165, 1.54) is 0 Å². The van der Waals surface area contributed by atoms with Gasteiger partial charge < -0.3 is 104 Å². The second-order valence-electron chi connectivity index (χ2n) is 34.9. The van der Waals surface area contributed by atoms with E-state index in [1.807, 2.05) is 109 Å². The molecular formula is C116H134N2O22. The number of hydrogen-bond acceptors (Lipinski definition) is 24. The van der Waals surface area contributed by atoms with Gasteiger partial charge in [0.2, 0.25) is 0 Å². The van der Waals surface area contributed by atoms with Gasteiger partial charge in [-0.3, -0.25) is 0 Å². The first-order valence-corrected chi connectivity index (χ1v) is 47.9. The third kappa shape index (κ3) is 25.1. The molecule has 0 unspecified atom stereocenters. The molecule has 0 fully saturated rings. The molecule has 24 nitrogen and oxygen atoms in total. The van der Waals surface area contributed by atoms with Gasteiger partial charge in [-0.15, -0.1) is 0 Å². The lowest BCUT2D eigenvalue weighted by Gasteiger charge is -2.20. The lowest BCUT2D eigenvalue weighted by molar-refractivity contribution is 0.264. The molecule has 0 aromatic heterocycles. The van der Waals surface area contributed by atoms with Crippen LogP contribution in [0, 0.1) is 0 Å². The Morgan fingerprint density at radius 2 is 0.293 bits per heavy atom. The van der Waals surface area contributed by atoms with Crippen molar-refractivity contribution in [3.05, 3.63) is 281 Å². The van der Waals surface area contributed by atoms with E-state index in [0.29, 0.717) is 147 Å². The first-order chi connectivity index (χ1) is 68.5. The second kappa shape index (κ2) is 49.9. The highest BCUT2D eigenvalue weighted by molar-refractivity contribution is 5.63. The fraction of sp³-hybridized carbons (Fsp3) is 0.379.